The lowest BCUT2D eigenvalue weighted by Crippen LogP contribution is -2.22. The minimum atomic E-state index is -3.74. The standard InChI is InChI=1S/C17H17N3O3S3/c1-11-5-7-14(8-6-11)26(22,23)20-17-19-12(2)15(25-17)16(21)18-10-13-4-3-9-24-13/h3-9H,10H2,1-2H3,(H,18,21)(H,19,20). The molecule has 9 heteroatoms. The summed E-state index contributed by atoms with van der Waals surface area (Å²) in [4.78, 5) is 18.1. The lowest BCUT2D eigenvalue weighted by molar-refractivity contribution is 0.0954. The monoisotopic (exact) mass is 407 g/mol. The summed E-state index contributed by atoms with van der Waals surface area (Å²) in [5.74, 6) is -0.269. The normalized spacial score (nSPS) is 11.3. The molecule has 0 bridgehead atoms. The molecule has 1 aromatic carbocycles. The first-order valence-electron chi connectivity index (χ1n) is 7.72. The van der Waals surface area contributed by atoms with Crippen LogP contribution in [0.2, 0.25) is 0 Å². The Morgan fingerprint density at radius 2 is 1.88 bits per heavy atom. The summed E-state index contributed by atoms with van der Waals surface area (Å²) >= 11 is 2.58. The number of nitrogens with one attached hydrogen (secondary N) is 2. The van der Waals surface area contributed by atoms with E-state index in [9.17, 15) is 13.2 Å². The SMILES string of the molecule is Cc1ccc(S(=O)(=O)Nc2nc(C)c(C(=O)NCc3cccs3)s2)cc1. The van der Waals surface area contributed by atoms with Crippen molar-refractivity contribution >= 4 is 43.7 Å². The molecule has 0 atom stereocenters. The van der Waals surface area contributed by atoms with Gasteiger partial charge in [0.1, 0.15) is 4.88 Å². The van der Waals surface area contributed by atoms with Gasteiger partial charge in [0.2, 0.25) is 0 Å². The van der Waals surface area contributed by atoms with Gasteiger partial charge in [-0.1, -0.05) is 35.1 Å². The minimum Gasteiger partial charge on any atom is -0.346 e. The van der Waals surface area contributed by atoms with Gasteiger partial charge in [-0.15, -0.1) is 11.3 Å². The first-order valence-corrected chi connectivity index (χ1v) is 10.9. The number of anilines is 1. The largest absolute Gasteiger partial charge is 0.346 e. The zero-order valence-corrected chi connectivity index (χ0v) is 16.6. The van der Waals surface area contributed by atoms with Crippen LogP contribution in [0.15, 0.2) is 46.7 Å². The van der Waals surface area contributed by atoms with Crippen LogP contribution in [-0.2, 0) is 16.6 Å². The zero-order valence-electron chi connectivity index (χ0n) is 14.1. The third-order valence-corrected chi connectivity index (χ3v) is 6.99. The van der Waals surface area contributed by atoms with Crippen LogP contribution in [0.25, 0.3) is 0 Å². The zero-order chi connectivity index (χ0) is 18.7. The van der Waals surface area contributed by atoms with E-state index in [-0.39, 0.29) is 15.9 Å². The van der Waals surface area contributed by atoms with Gasteiger partial charge in [-0.3, -0.25) is 9.52 Å². The van der Waals surface area contributed by atoms with Crippen molar-refractivity contribution in [3.63, 3.8) is 0 Å². The van der Waals surface area contributed by atoms with E-state index in [1.165, 1.54) is 12.1 Å². The number of aryl methyl sites for hydroxylation is 2. The molecule has 2 heterocycles. The van der Waals surface area contributed by atoms with Crippen molar-refractivity contribution in [2.24, 2.45) is 0 Å². The average molecular weight is 408 g/mol. The molecule has 0 saturated carbocycles. The Hall–Kier alpha value is -2.23. The fourth-order valence-electron chi connectivity index (χ4n) is 2.20. The number of hydrogen-bond donors (Lipinski definition) is 2. The molecule has 0 spiro atoms. The number of thiophene rings is 1. The van der Waals surface area contributed by atoms with Crippen molar-refractivity contribution in [3.8, 4) is 0 Å². The van der Waals surface area contributed by atoms with E-state index in [0.717, 1.165) is 21.8 Å². The molecule has 0 radical (unpaired) electrons. The van der Waals surface area contributed by atoms with Crippen molar-refractivity contribution in [2.75, 3.05) is 4.72 Å². The molecular weight excluding hydrogens is 390 g/mol. The van der Waals surface area contributed by atoms with E-state index < -0.39 is 10.0 Å². The molecular formula is C17H17N3O3S3. The van der Waals surface area contributed by atoms with Crippen molar-refractivity contribution in [3.05, 3.63) is 62.8 Å². The fraction of sp³-hybridized carbons (Fsp3) is 0.176. The third-order valence-electron chi connectivity index (χ3n) is 3.56. The molecule has 0 fully saturated rings. The van der Waals surface area contributed by atoms with E-state index in [1.54, 1.807) is 30.4 Å². The molecule has 3 aromatic rings. The second kappa shape index (κ2) is 7.56. The number of benzene rings is 1. The van der Waals surface area contributed by atoms with Crippen LogP contribution < -0.4 is 10.0 Å². The first kappa shape index (κ1) is 18.6. The Bertz CT molecular complexity index is 1010. The first-order chi connectivity index (χ1) is 12.3. The predicted molar refractivity (Wildman–Crippen MR) is 104 cm³/mol. The summed E-state index contributed by atoms with van der Waals surface area (Å²) in [6.07, 6.45) is 0. The Kier molecular flexibility index (Phi) is 5.40. The van der Waals surface area contributed by atoms with Gasteiger partial charge >= 0.3 is 0 Å². The fourth-order valence-corrected chi connectivity index (χ4v) is 4.97. The molecule has 0 saturated heterocycles. The van der Waals surface area contributed by atoms with E-state index in [1.807, 2.05) is 24.4 Å². The highest BCUT2D eigenvalue weighted by Gasteiger charge is 2.20. The van der Waals surface area contributed by atoms with Crippen molar-refractivity contribution in [2.45, 2.75) is 25.3 Å². The van der Waals surface area contributed by atoms with Crippen LogP contribution >= 0.6 is 22.7 Å². The summed E-state index contributed by atoms with van der Waals surface area (Å²) in [7, 11) is -3.74. The number of aromatic nitrogens is 1. The van der Waals surface area contributed by atoms with E-state index in [2.05, 4.69) is 15.0 Å². The lowest BCUT2D eigenvalue weighted by Gasteiger charge is -2.05. The maximum atomic E-state index is 12.4. The van der Waals surface area contributed by atoms with Gasteiger partial charge in [0.05, 0.1) is 17.1 Å². The van der Waals surface area contributed by atoms with Gasteiger partial charge in [-0.25, -0.2) is 13.4 Å². The van der Waals surface area contributed by atoms with Crippen molar-refractivity contribution in [1.82, 2.24) is 10.3 Å². The molecule has 26 heavy (non-hydrogen) atoms. The molecule has 1 amide bonds. The Labute approximate surface area is 160 Å². The van der Waals surface area contributed by atoms with E-state index in [4.69, 9.17) is 0 Å². The minimum absolute atomic E-state index is 0.152. The van der Waals surface area contributed by atoms with Crippen LogP contribution in [0.3, 0.4) is 0 Å². The summed E-state index contributed by atoms with van der Waals surface area (Å²) < 4.78 is 27.3. The number of rotatable bonds is 6. The van der Waals surface area contributed by atoms with Crippen LogP contribution in [0.4, 0.5) is 5.13 Å². The van der Waals surface area contributed by atoms with E-state index in [0.29, 0.717) is 17.1 Å². The second-order valence-electron chi connectivity index (χ2n) is 5.61. The maximum Gasteiger partial charge on any atom is 0.263 e. The maximum absolute atomic E-state index is 12.4. The molecule has 0 aliphatic heterocycles. The number of thiazole rings is 1. The molecule has 0 aliphatic carbocycles. The molecule has 2 aromatic heterocycles. The number of carbonyl (C=O) groups excluding carboxylic acids is 1. The number of sulfonamides is 1. The smallest absolute Gasteiger partial charge is 0.263 e. The molecule has 3 rings (SSSR count). The van der Waals surface area contributed by atoms with Crippen LogP contribution in [-0.4, -0.2) is 19.3 Å². The lowest BCUT2D eigenvalue weighted by atomic mass is 10.2. The van der Waals surface area contributed by atoms with Crippen molar-refractivity contribution < 1.29 is 13.2 Å². The van der Waals surface area contributed by atoms with Crippen LogP contribution in [0, 0.1) is 13.8 Å². The van der Waals surface area contributed by atoms with Gasteiger partial charge < -0.3 is 5.32 Å². The topological polar surface area (TPSA) is 88.2 Å². The van der Waals surface area contributed by atoms with Gasteiger partial charge in [-0.2, -0.15) is 0 Å². The van der Waals surface area contributed by atoms with Crippen molar-refractivity contribution in [1.29, 1.82) is 0 Å². The summed E-state index contributed by atoms with van der Waals surface area (Å²) in [6, 6.07) is 10.4. The Balaban J connectivity index is 1.73. The number of carbonyl (C=O) groups is 1. The second-order valence-corrected chi connectivity index (χ2v) is 9.33. The summed E-state index contributed by atoms with van der Waals surface area (Å²) in [5.41, 5.74) is 1.46. The molecule has 136 valence electrons. The van der Waals surface area contributed by atoms with E-state index >= 15 is 0 Å². The number of hydrogen-bond acceptors (Lipinski definition) is 6. The van der Waals surface area contributed by atoms with Gasteiger partial charge in [0.25, 0.3) is 15.9 Å². The van der Waals surface area contributed by atoms with Crippen LogP contribution in [0.5, 0.6) is 0 Å². The number of nitrogens with zero attached hydrogens (tertiary/aromatic N) is 1. The molecule has 0 aliphatic rings. The highest BCUT2D eigenvalue weighted by molar-refractivity contribution is 7.93. The predicted octanol–water partition coefficient (Wildman–Crippen LogP) is 3.55. The van der Waals surface area contributed by atoms with Gasteiger partial charge in [0, 0.05) is 4.88 Å². The van der Waals surface area contributed by atoms with Crippen LogP contribution in [0.1, 0.15) is 25.8 Å². The quantitative estimate of drug-likeness (QED) is 0.654. The highest BCUT2D eigenvalue weighted by atomic mass is 32.2. The molecule has 0 unspecified atom stereocenters. The van der Waals surface area contributed by atoms with Gasteiger partial charge in [-0.05, 0) is 37.4 Å². The molecule has 2 N–H and O–H groups in total. The Morgan fingerprint density at radius 3 is 2.54 bits per heavy atom. The molecule has 6 nitrogen and oxygen atoms in total. The summed E-state index contributed by atoms with van der Waals surface area (Å²) in [5, 5.41) is 4.93. The number of amides is 1. The van der Waals surface area contributed by atoms with Gasteiger partial charge in [0.15, 0.2) is 5.13 Å². The average Bonchev–Trinajstić information content (AvgIpc) is 3.22. The Morgan fingerprint density at radius 1 is 1.15 bits per heavy atom. The third kappa shape index (κ3) is 4.29. The highest BCUT2D eigenvalue weighted by Crippen LogP contribution is 2.25. The summed E-state index contributed by atoms with van der Waals surface area (Å²) in [6.45, 7) is 3.99.